The Morgan fingerprint density at radius 3 is 2.42 bits per heavy atom. The third-order valence-corrected chi connectivity index (χ3v) is 2.53. The molecule has 0 radical (unpaired) electrons. The Morgan fingerprint density at radius 1 is 1.17 bits per heavy atom. The molecule has 0 unspecified atom stereocenters. The molecule has 0 heterocycles. The molecule has 1 aliphatic carbocycles. The van der Waals surface area contributed by atoms with Gasteiger partial charge in [-0.05, 0) is 24.7 Å². The van der Waals surface area contributed by atoms with Crippen LogP contribution < -0.4 is 0 Å². The molecular formula is C11H22O. The molecular weight excluding hydrogens is 148 g/mol. The van der Waals surface area contributed by atoms with Crippen molar-refractivity contribution in [3.63, 3.8) is 0 Å². The third kappa shape index (κ3) is 4.10. The van der Waals surface area contributed by atoms with E-state index in [1.165, 1.54) is 32.1 Å². The van der Waals surface area contributed by atoms with Gasteiger partial charge in [-0.3, -0.25) is 0 Å². The lowest BCUT2D eigenvalue weighted by Crippen LogP contribution is -2.15. The summed E-state index contributed by atoms with van der Waals surface area (Å²) >= 11 is 0. The Hall–Kier alpha value is -0.0400. The van der Waals surface area contributed by atoms with Crippen LogP contribution in [0, 0.1) is 11.8 Å². The summed E-state index contributed by atoms with van der Waals surface area (Å²) in [6.45, 7) is 6.37. The maximum Gasteiger partial charge on any atom is 0.0494 e. The quantitative estimate of drug-likeness (QED) is 0.629. The van der Waals surface area contributed by atoms with Gasteiger partial charge >= 0.3 is 0 Å². The zero-order valence-electron chi connectivity index (χ0n) is 8.51. The number of ether oxygens (including phenoxy) is 1. The van der Waals surface area contributed by atoms with Crippen molar-refractivity contribution in [3.05, 3.63) is 0 Å². The first-order valence-corrected chi connectivity index (χ1v) is 5.37. The largest absolute Gasteiger partial charge is 0.381 e. The van der Waals surface area contributed by atoms with Crippen LogP contribution in [0.3, 0.4) is 0 Å². The molecule has 1 saturated carbocycles. The molecule has 1 heteroatoms. The first kappa shape index (κ1) is 10.0. The van der Waals surface area contributed by atoms with Gasteiger partial charge in [-0.1, -0.05) is 33.1 Å². The Labute approximate surface area is 76.5 Å². The second-order valence-corrected chi connectivity index (χ2v) is 4.44. The van der Waals surface area contributed by atoms with Gasteiger partial charge < -0.3 is 4.74 Å². The van der Waals surface area contributed by atoms with Crippen LogP contribution in [-0.2, 0) is 4.74 Å². The van der Waals surface area contributed by atoms with E-state index in [-0.39, 0.29) is 0 Å². The zero-order valence-corrected chi connectivity index (χ0v) is 8.51. The summed E-state index contributed by atoms with van der Waals surface area (Å²) in [5, 5.41) is 0. The smallest absolute Gasteiger partial charge is 0.0494 e. The average molecular weight is 170 g/mol. The molecule has 0 spiro atoms. The molecule has 1 aliphatic rings. The number of hydrogen-bond acceptors (Lipinski definition) is 1. The Kier molecular flexibility index (Phi) is 4.67. The van der Waals surface area contributed by atoms with Gasteiger partial charge in [-0.15, -0.1) is 0 Å². The van der Waals surface area contributed by atoms with Crippen molar-refractivity contribution >= 4 is 0 Å². The molecule has 0 amide bonds. The standard InChI is InChI=1S/C11H22O/c1-10(2)8-12-9-11-6-4-3-5-7-11/h10-11H,3-9H2,1-2H3. The molecule has 1 rings (SSSR count). The van der Waals surface area contributed by atoms with Crippen molar-refractivity contribution < 1.29 is 4.74 Å². The predicted molar refractivity (Wildman–Crippen MR) is 52.2 cm³/mol. The Bertz CT molecular complexity index is 104. The summed E-state index contributed by atoms with van der Waals surface area (Å²) in [7, 11) is 0. The minimum Gasteiger partial charge on any atom is -0.381 e. The maximum absolute atomic E-state index is 5.63. The lowest BCUT2D eigenvalue weighted by molar-refractivity contribution is 0.0678. The van der Waals surface area contributed by atoms with Crippen LogP contribution in [0.1, 0.15) is 46.0 Å². The monoisotopic (exact) mass is 170 g/mol. The number of rotatable bonds is 4. The lowest BCUT2D eigenvalue weighted by Gasteiger charge is -2.21. The summed E-state index contributed by atoms with van der Waals surface area (Å²) in [5.74, 6) is 1.56. The van der Waals surface area contributed by atoms with E-state index >= 15 is 0 Å². The molecule has 0 saturated heterocycles. The summed E-state index contributed by atoms with van der Waals surface area (Å²) < 4.78 is 5.63. The van der Waals surface area contributed by atoms with E-state index < -0.39 is 0 Å². The second-order valence-electron chi connectivity index (χ2n) is 4.44. The molecule has 1 nitrogen and oxygen atoms in total. The topological polar surface area (TPSA) is 9.23 Å². The van der Waals surface area contributed by atoms with Gasteiger partial charge in [0.25, 0.3) is 0 Å². The summed E-state index contributed by atoms with van der Waals surface area (Å²) in [6.07, 6.45) is 7.10. The van der Waals surface area contributed by atoms with E-state index in [0.717, 1.165) is 19.1 Å². The van der Waals surface area contributed by atoms with Gasteiger partial charge in [0.1, 0.15) is 0 Å². The van der Waals surface area contributed by atoms with Gasteiger partial charge in [-0.25, -0.2) is 0 Å². The normalized spacial score (nSPS) is 20.2. The van der Waals surface area contributed by atoms with Crippen molar-refractivity contribution in [1.82, 2.24) is 0 Å². The van der Waals surface area contributed by atoms with E-state index in [1.54, 1.807) is 0 Å². The molecule has 0 aromatic carbocycles. The van der Waals surface area contributed by atoms with Crippen LogP contribution in [-0.4, -0.2) is 13.2 Å². The fraction of sp³-hybridized carbons (Fsp3) is 1.00. The molecule has 0 bridgehead atoms. The van der Waals surface area contributed by atoms with Crippen LogP contribution in [0.5, 0.6) is 0 Å². The van der Waals surface area contributed by atoms with Crippen LogP contribution in [0.15, 0.2) is 0 Å². The molecule has 1 fully saturated rings. The highest BCUT2D eigenvalue weighted by Crippen LogP contribution is 2.23. The van der Waals surface area contributed by atoms with Crippen molar-refractivity contribution in [2.24, 2.45) is 11.8 Å². The Morgan fingerprint density at radius 2 is 1.83 bits per heavy atom. The predicted octanol–water partition coefficient (Wildman–Crippen LogP) is 3.24. The van der Waals surface area contributed by atoms with Crippen LogP contribution in [0.4, 0.5) is 0 Å². The van der Waals surface area contributed by atoms with E-state index in [9.17, 15) is 0 Å². The van der Waals surface area contributed by atoms with Gasteiger partial charge in [0.05, 0.1) is 0 Å². The first-order chi connectivity index (χ1) is 5.79. The minimum absolute atomic E-state index is 0.689. The van der Waals surface area contributed by atoms with Gasteiger partial charge in [0.15, 0.2) is 0 Å². The Balaban J connectivity index is 1.98. The van der Waals surface area contributed by atoms with E-state index in [0.29, 0.717) is 5.92 Å². The van der Waals surface area contributed by atoms with Crippen molar-refractivity contribution in [3.8, 4) is 0 Å². The second kappa shape index (κ2) is 5.58. The van der Waals surface area contributed by atoms with Crippen LogP contribution >= 0.6 is 0 Å². The van der Waals surface area contributed by atoms with Crippen molar-refractivity contribution in [2.75, 3.05) is 13.2 Å². The molecule has 0 N–H and O–H groups in total. The molecule has 0 atom stereocenters. The molecule has 0 aromatic rings. The summed E-state index contributed by atoms with van der Waals surface area (Å²) in [5.41, 5.74) is 0. The zero-order chi connectivity index (χ0) is 8.81. The fourth-order valence-corrected chi connectivity index (χ4v) is 1.82. The van der Waals surface area contributed by atoms with Crippen LogP contribution in [0.25, 0.3) is 0 Å². The maximum atomic E-state index is 5.63. The summed E-state index contributed by atoms with van der Waals surface area (Å²) in [6, 6.07) is 0. The molecule has 0 aliphatic heterocycles. The van der Waals surface area contributed by atoms with Crippen molar-refractivity contribution in [1.29, 1.82) is 0 Å². The van der Waals surface area contributed by atoms with Gasteiger partial charge in [0, 0.05) is 13.2 Å². The highest BCUT2D eigenvalue weighted by molar-refractivity contribution is 4.64. The highest BCUT2D eigenvalue weighted by atomic mass is 16.5. The lowest BCUT2D eigenvalue weighted by atomic mass is 9.90. The highest BCUT2D eigenvalue weighted by Gasteiger charge is 2.13. The molecule has 12 heavy (non-hydrogen) atoms. The van der Waals surface area contributed by atoms with E-state index in [4.69, 9.17) is 4.74 Å². The van der Waals surface area contributed by atoms with Crippen LogP contribution in [0.2, 0.25) is 0 Å². The van der Waals surface area contributed by atoms with Crippen molar-refractivity contribution in [2.45, 2.75) is 46.0 Å². The van der Waals surface area contributed by atoms with E-state index in [1.807, 2.05) is 0 Å². The third-order valence-electron chi connectivity index (χ3n) is 2.53. The fourth-order valence-electron chi connectivity index (χ4n) is 1.82. The average Bonchev–Trinajstić information content (AvgIpc) is 2.05. The van der Waals surface area contributed by atoms with E-state index in [2.05, 4.69) is 13.8 Å². The first-order valence-electron chi connectivity index (χ1n) is 5.37. The van der Waals surface area contributed by atoms with Gasteiger partial charge in [0.2, 0.25) is 0 Å². The van der Waals surface area contributed by atoms with Gasteiger partial charge in [-0.2, -0.15) is 0 Å². The molecule has 0 aromatic heterocycles. The minimum atomic E-state index is 0.689. The summed E-state index contributed by atoms with van der Waals surface area (Å²) in [4.78, 5) is 0. The molecule has 72 valence electrons. The number of hydrogen-bond donors (Lipinski definition) is 0. The SMILES string of the molecule is CC(C)COCC1CCCCC1.